The molecular weight excluding hydrogens is 440 g/mol. The van der Waals surface area contributed by atoms with E-state index in [0.717, 1.165) is 32.1 Å². The Labute approximate surface area is 211 Å². The topological polar surface area (TPSA) is 83.8 Å². The van der Waals surface area contributed by atoms with Crippen LogP contribution in [-0.4, -0.2) is 40.3 Å². The van der Waals surface area contributed by atoms with E-state index in [0.29, 0.717) is 29.2 Å². The molecule has 35 heavy (non-hydrogen) atoms. The lowest BCUT2D eigenvalue weighted by Gasteiger charge is -2.56. The highest BCUT2D eigenvalue weighted by molar-refractivity contribution is 6.18. The van der Waals surface area contributed by atoms with Crippen LogP contribution in [0.3, 0.4) is 0 Å². The first-order valence-corrected chi connectivity index (χ1v) is 13.8. The molecule has 0 heterocycles. The molecule has 4 rings (SSSR count). The van der Waals surface area contributed by atoms with Crippen molar-refractivity contribution in [2.45, 2.75) is 98.2 Å². The summed E-state index contributed by atoms with van der Waals surface area (Å²) in [5.41, 5.74) is -0.850. The standard InChI is InChI=1S/C30H46O5/c1-8-35-27(33)30(34)16-29(7)22-13-14-28(6)20(19(5)10-9-18(4)17(2)3)11-12-21(28)25(22)24(31)15-23(29)26(30)32/h15,17,19-22,24-25,31,34H,4,8-14,16H2,1-3,5-7H3/t19?,20-,21?,22+,24+,25+,28-,29-,30+/m1/s1. The van der Waals surface area contributed by atoms with Gasteiger partial charge >= 0.3 is 5.97 Å². The molecule has 5 nitrogen and oxygen atoms in total. The van der Waals surface area contributed by atoms with E-state index in [9.17, 15) is 19.8 Å². The zero-order valence-electron chi connectivity index (χ0n) is 22.6. The van der Waals surface area contributed by atoms with Crippen molar-refractivity contribution in [2.24, 2.45) is 46.3 Å². The van der Waals surface area contributed by atoms with Crippen molar-refractivity contribution >= 4 is 11.8 Å². The fourth-order valence-electron chi connectivity index (χ4n) is 8.78. The second-order valence-electron chi connectivity index (χ2n) is 12.9. The predicted molar refractivity (Wildman–Crippen MR) is 136 cm³/mol. The molecule has 0 aliphatic heterocycles. The first-order valence-electron chi connectivity index (χ1n) is 13.8. The van der Waals surface area contributed by atoms with Crippen LogP contribution in [0.1, 0.15) is 86.5 Å². The number of fused-ring (bicyclic) bond motifs is 5. The molecule has 0 saturated heterocycles. The minimum Gasteiger partial charge on any atom is -0.464 e. The zero-order chi connectivity index (χ0) is 25.9. The molecular formula is C30H46O5. The molecule has 0 aromatic carbocycles. The van der Waals surface area contributed by atoms with Crippen molar-refractivity contribution in [1.82, 2.24) is 0 Å². The molecule has 0 aromatic heterocycles. The molecule has 0 radical (unpaired) electrons. The van der Waals surface area contributed by atoms with Gasteiger partial charge in [0.25, 0.3) is 0 Å². The van der Waals surface area contributed by atoms with Crippen LogP contribution in [0.25, 0.3) is 0 Å². The minimum absolute atomic E-state index is 0.0441. The summed E-state index contributed by atoms with van der Waals surface area (Å²) < 4.78 is 5.09. The number of esters is 1. The lowest BCUT2D eigenvalue weighted by molar-refractivity contribution is -0.169. The van der Waals surface area contributed by atoms with E-state index in [2.05, 4.69) is 34.3 Å². The van der Waals surface area contributed by atoms with Crippen LogP contribution >= 0.6 is 0 Å². The highest BCUT2D eigenvalue weighted by atomic mass is 16.5. The summed E-state index contributed by atoms with van der Waals surface area (Å²) in [4.78, 5) is 25.9. The molecule has 4 aliphatic carbocycles. The van der Waals surface area contributed by atoms with Crippen molar-refractivity contribution < 1.29 is 24.5 Å². The number of hydrogen-bond acceptors (Lipinski definition) is 5. The highest BCUT2D eigenvalue weighted by Crippen LogP contribution is 2.68. The van der Waals surface area contributed by atoms with E-state index >= 15 is 0 Å². The maximum absolute atomic E-state index is 13.3. The molecule has 0 spiro atoms. The first kappa shape index (κ1) is 26.6. The average molecular weight is 487 g/mol. The zero-order valence-corrected chi connectivity index (χ0v) is 22.6. The molecule has 3 fully saturated rings. The third-order valence-corrected chi connectivity index (χ3v) is 10.9. The Bertz CT molecular complexity index is 920. The Morgan fingerprint density at radius 1 is 1.20 bits per heavy atom. The molecule has 5 heteroatoms. The van der Waals surface area contributed by atoms with Crippen LogP contribution in [0.15, 0.2) is 23.8 Å². The van der Waals surface area contributed by atoms with Crippen molar-refractivity contribution in [3.63, 3.8) is 0 Å². The summed E-state index contributed by atoms with van der Waals surface area (Å²) >= 11 is 0. The van der Waals surface area contributed by atoms with Gasteiger partial charge in [-0.05, 0) is 92.4 Å². The van der Waals surface area contributed by atoms with Gasteiger partial charge in [-0.2, -0.15) is 0 Å². The molecule has 2 unspecified atom stereocenters. The summed E-state index contributed by atoms with van der Waals surface area (Å²) in [6, 6.07) is 0. The number of Topliss-reactive ketones (excluding diaryl/α,β-unsaturated/α-hetero) is 1. The van der Waals surface area contributed by atoms with Crippen molar-refractivity contribution in [1.29, 1.82) is 0 Å². The summed E-state index contributed by atoms with van der Waals surface area (Å²) in [7, 11) is 0. The van der Waals surface area contributed by atoms with Crippen LogP contribution < -0.4 is 0 Å². The van der Waals surface area contributed by atoms with Gasteiger partial charge < -0.3 is 14.9 Å². The third kappa shape index (κ3) is 3.96. The summed E-state index contributed by atoms with van der Waals surface area (Å²) in [5.74, 6) is 0.782. The number of carbonyl (C=O) groups excluding carboxylic acids is 2. The molecule has 2 N–H and O–H groups in total. The van der Waals surface area contributed by atoms with Crippen LogP contribution in [0.5, 0.6) is 0 Å². The van der Waals surface area contributed by atoms with Gasteiger partial charge in [-0.15, -0.1) is 0 Å². The van der Waals surface area contributed by atoms with Gasteiger partial charge in [-0.1, -0.05) is 46.8 Å². The first-order chi connectivity index (χ1) is 16.3. The van der Waals surface area contributed by atoms with Gasteiger partial charge in [0.1, 0.15) is 0 Å². The van der Waals surface area contributed by atoms with Gasteiger partial charge in [0.15, 0.2) is 0 Å². The second kappa shape index (κ2) is 9.13. The van der Waals surface area contributed by atoms with Crippen LogP contribution in [0.2, 0.25) is 0 Å². The van der Waals surface area contributed by atoms with E-state index in [1.807, 2.05) is 6.92 Å². The van der Waals surface area contributed by atoms with Gasteiger partial charge in [-0.25, -0.2) is 4.79 Å². The lowest BCUT2D eigenvalue weighted by atomic mass is 9.48. The van der Waals surface area contributed by atoms with E-state index in [1.165, 1.54) is 12.0 Å². The molecule has 3 saturated carbocycles. The Morgan fingerprint density at radius 3 is 2.51 bits per heavy atom. The van der Waals surface area contributed by atoms with E-state index in [4.69, 9.17) is 4.74 Å². The number of allylic oxidation sites excluding steroid dienone is 1. The van der Waals surface area contributed by atoms with E-state index < -0.39 is 28.9 Å². The number of ether oxygens (including phenoxy) is 1. The summed E-state index contributed by atoms with van der Waals surface area (Å²) in [6.07, 6.45) is 7.45. The van der Waals surface area contributed by atoms with Gasteiger partial charge in [0.05, 0.1) is 12.7 Å². The maximum atomic E-state index is 13.3. The quantitative estimate of drug-likeness (QED) is 0.292. The van der Waals surface area contributed by atoms with Crippen LogP contribution in [-0.2, 0) is 14.3 Å². The van der Waals surface area contributed by atoms with Crippen molar-refractivity contribution in [2.75, 3.05) is 6.61 Å². The van der Waals surface area contributed by atoms with Gasteiger partial charge in [-0.3, -0.25) is 4.79 Å². The number of rotatable bonds is 7. The molecule has 0 bridgehead atoms. The number of hydrogen-bond donors (Lipinski definition) is 2. The Balaban J connectivity index is 1.59. The average Bonchev–Trinajstić information content (AvgIpc) is 3.24. The fraction of sp³-hybridized carbons (Fsp3) is 0.800. The maximum Gasteiger partial charge on any atom is 0.346 e. The largest absolute Gasteiger partial charge is 0.464 e. The fourth-order valence-corrected chi connectivity index (χ4v) is 8.78. The van der Waals surface area contributed by atoms with Gasteiger partial charge in [0, 0.05) is 17.4 Å². The minimum atomic E-state index is -2.14. The van der Waals surface area contributed by atoms with E-state index in [1.54, 1.807) is 13.0 Å². The number of aliphatic hydroxyl groups excluding tert-OH is 1. The number of carbonyl (C=O) groups is 2. The Hall–Kier alpha value is -1.46. The smallest absolute Gasteiger partial charge is 0.346 e. The third-order valence-electron chi connectivity index (χ3n) is 10.9. The van der Waals surface area contributed by atoms with Gasteiger partial charge in [0.2, 0.25) is 11.4 Å². The van der Waals surface area contributed by atoms with Crippen LogP contribution in [0.4, 0.5) is 0 Å². The number of aliphatic hydroxyl groups is 2. The Morgan fingerprint density at radius 2 is 1.89 bits per heavy atom. The molecule has 196 valence electrons. The molecule has 0 amide bonds. The Kier molecular flexibility index (Phi) is 6.94. The SMILES string of the molecule is C=C(CCC(C)[C@H]1CCC2[C@@H]3[C@@H](O)C=C4C(=O)[C@](O)(C(=O)OCC)C[C@]4(C)[C@H]3CC[C@@]21C)C(C)C. The predicted octanol–water partition coefficient (Wildman–Crippen LogP) is 5.25. The second-order valence-corrected chi connectivity index (χ2v) is 12.9. The number of ketones is 1. The monoisotopic (exact) mass is 486 g/mol. The van der Waals surface area contributed by atoms with Crippen molar-refractivity contribution in [3.05, 3.63) is 23.8 Å². The molecule has 9 atom stereocenters. The van der Waals surface area contributed by atoms with Crippen LogP contribution in [0, 0.1) is 46.3 Å². The normalized spacial score (nSPS) is 43.3. The van der Waals surface area contributed by atoms with E-state index in [-0.39, 0.29) is 30.3 Å². The summed E-state index contributed by atoms with van der Waals surface area (Å²) in [5, 5.41) is 22.6. The van der Waals surface area contributed by atoms with Crippen molar-refractivity contribution in [3.8, 4) is 0 Å². The molecule has 4 aliphatic rings. The lowest BCUT2D eigenvalue weighted by Crippen LogP contribution is -2.53. The summed E-state index contributed by atoms with van der Waals surface area (Å²) in [6.45, 7) is 17.3. The highest BCUT2D eigenvalue weighted by Gasteiger charge is 2.68. The molecule has 0 aromatic rings.